The Labute approximate surface area is 106 Å². The lowest BCUT2D eigenvalue weighted by Crippen LogP contribution is -2.23. The number of unbranched alkanes of at least 4 members (excludes halogenated alkanes) is 1. The average molecular weight is 247 g/mol. The molecule has 1 amide bonds. The quantitative estimate of drug-likeness (QED) is 0.643. The number of hydrogen-bond donors (Lipinski definition) is 1. The smallest absolute Gasteiger partial charge is 0.261 e. The van der Waals surface area contributed by atoms with Crippen LogP contribution in [-0.4, -0.2) is 12.5 Å². The molecule has 2 nitrogen and oxygen atoms in total. The van der Waals surface area contributed by atoms with Crippen molar-refractivity contribution in [3.05, 3.63) is 21.4 Å². The fourth-order valence-corrected chi connectivity index (χ4v) is 3.25. The van der Waals surface area contributed by atoms with E-state index < -0.39 is 0 Å². The number of amides is 1. The number of rotatable bonds is 4. The summed E-state index contributed by atoms with van der Waals surface area (Å²) in [6.07, 6.45) is 11.5. The average Bonchev–Trinajstić information content (AvgIpc) is 2.78. The van der Waals surface area contributed by atoms with E-state index in [-0.39, 0.29) is 5.91 Å². The van der Waals surface area contributed by atoms with Crippen molar-refractivity contribution in [2.45, 2.75) is 38.5 Å². The summed E-state index contributed by atoms with van der Waals surface area (Å²) in [5.41, 5.74) is 1.38. The predicted molar refractivity (Wildman–Crippen MR) is 71.4 cm³/mol. The Morgan fingerprint density at radius 1 is 1.47 bits per heavy atom. The Hall–Kier alpha value is -1.27. The number of fused-ring (bicyclic) bond motifs is 1. The number of carbonyl (C=O) groups excluding carboxylic acids is 1. The summed E-state index contributed by atoms with van der Waals surface area (Å²) in [4.78, 5) is 14.1. The maximum Gasteiger partial charge on any atom is 0.261 e. The molecule has 1 heterocycles. The van der Waals surface area contributed by atoms with Gasteiger partial charge in [0.05, 0.1) is 4.88 Å². The molecule has 0 bridgehead atoms. The zero-order valence-electron chi connectivity index (χ0n) is 9.92. The second-order valence-corrected chi connectivity index (χ2v) is 5.47. The van der Waals surface area contributed by atoms with Crippen LogP contribution in [0.25, 0.3) is 0 Å². The topological polar surface area (TPSA) is 29.1 Å². The van der Waals surface area contributed by atoms with E-state index in [0.717, 1.165) is 30.6 Å². The van der Waals surface area contributed by atoms with Crippen molar-refractivity contribution >= 4 is 17.2 Å². The highest BCUT2D eigenvalue weighted by Gasteiger charge is 2.16. The number of nitrogens with one attached hydrogen (secondary N) is 1. The molecular formula is C14H17NOS. The fraction of sp³-hybridized carbons (Fsp3) is 0.500. The van der Waals surface area contributed by atoms with Crippen molar-refractivity contribution in [1.29, 1.82) is 0 Å². The van der Waals surface area contributed by atoms with Crippen LogP contribution in [0.15, 0.2) is 6.07 Å². The zero-order valence-corrected chi connectivity index (χ0v) is 10.7. The summed E-state index contributed by atoms with van der Waals surface area (Å²) in [6.45, 7) is 0.672. The van der Waals surface area contributed by atoms with Crippen LogP contribution in [0.3, 0.4) is 0 Å². The van der Waals surface area contributed by atoms with Crippen LogP contribution < -0.4 is 5.32 Å². The van der Waals surface area contributed by atoms with Crippen LogP contribution in [0.1, 0.15) is 45.8 Å². The van der Waals surface area contributed by atoms with Gasteiger partial charge in [0, 0.05) is 17.8 Å². The first-order valence-electron chi connectivity index (χ1n) is 6.14. The molecule has 0 radical (unpaired) electrons. The Morgan fingerprint density at radius 2 is 2.29 bits per heavy atom. The second-order valence-electron chi connectivity index (χ2n) is 4.33. The second kappa shape index (κ2) is 5.88. The standard InChI is InChI=1S/C14H17NOS/c1-2-3-6-9-15-14(16)13-10-11-7-4-5-8-12(11)17-13/h1,10H,3-9H2,(H,15,16). The lowest BCUT2D eigenvalue weighted by atomic mass is 9.99. The molecule has 0 saturated carbocycles. The molecule has 90 valence electrons. The molecule has 1 N–H and O–H groups in total. The zero-order chi connectivity index (χ0) is 12.1. The maximum absolute atomic E-state index is 11.9. The van der Waals surface area contributed by atoms with Gasteiger partial charge in [-0.1, -0.05) is 0 Å². The van der Waals surface area contributed by atoms with Gasteiger partial charge in [-0.15, -0.1) is 23.7 Å². The number of thiophene rings is 1. The van der Waals surface area contributed by atoms with Crippen LogP contribution in [0, 0.1) is 12.3 Å². The van der Waals surface area contributed by atoms with Gasteiger partial charge in [0.1, 0.15) is 0 Å². The highest BCUT2D eigenvalue weighted by Crippen LogP contribution is 2.29. The predicted octanol–water partition coefficient (Wildman–Crippen LogP) is 2.77. The first-order valence-corrected chi connectivity index (χ1v) is 6.96. The molecule has 0 aromatic carbocycles. The lowest BCUT2D eigenvalue weighted by Gasteiger charge is -2.08. The van der Waals surface area contributed by atoms with Crippen molar-refractivity contribution < 1.29 is 4.79 Å². The van der Waals surface area contributed by atoms with Gasteiger partial charge in [0.25, 0.3) is 5.91 Å². The molecule has 0 atom stereocenters. The van der Waals surface area contributed by atoms with E-state index in [4.69, 9.17) is 6.42 Å². The lowest BCUT2D eigenvalue weighted by molar-refractivity contribution is 0.0957. The SMILES string of the molecule is C#CCCCNC(=O)c1cc2c(s1)CCCC2. The third kappa shape index (κ3) is 3.10. The summed E-state index contributed by atoms with van der Waals surface area (Å²) in [6, 6.07) is 2.07. The number of carbonyl (C=O) groups is 1. The van der Waals surface area contributed by atoms with Gasteiger partial charge in [0.15, 0.2) is 0 Å². The maximum atomic E-state index is 11.9. The van der Waals surface area contributed by atoms with Gasteiger partial charge in [-0.05, 0) is 43.7 Å². The first-order chi connectivity index (χ1) is 8.31. The fourth-order valence-electron chi connectivity index (χ4n) is 2.08. The Balaban J connectivity index is 1.91. The molecular weight excluding hydrogens is 230 g/mol. The van der Waals surface area contributed by atoms with Gasteiger partial charge < -0.3 is 5.32 Å². The summed E-state index contributed by atoms with van der Waals surface area (Å²) < 4.78 is 0. The van der Waals surface area contributed by atoms with Crippen LogP contribution in [0.2, 0.25) is 0 Å². The van der Waals surface area contributed by atoms with Gasteiger partial charge in [-0.25, -0.2) is 0 Å². The van der Waals surface area contributed by atoms with Gasteiger partial charge >= 0.3 is 0 Å². The molecule has 0 spiro atoms. The molecule has 0 fully saturated rings. The van der Waals surface area contributed by atoms with Crippen molar-refractivity contribution in [3.8, 4) is 12.3 Å². The molecule has 0 saturated heterocycles. The van der Waals surface area contributed by atoms with Gasteiger partial charge in [0.2, 0.25) is 0 Å². The molecule has 1 aliphatic carbocycles. The molecule has 0 unspecified atom stereocenters. The highest BCUT2D eigenvalue weighted by atomic mass is 32.1. The minimum absolute atomic E-state index is 0.0569. The van der Waals surface area contributed by atoms with Crippen molar-refractivity contribution in [2.75, 3.05) is 6.54 Å². The Kier molecular flexibility index (Phi) is 4.22. The molecule has 1 aromatic rings. The summed E-state index contributed by atoms with van der Waals surface area (Å²) in [7, 11) is 0. The molecule has 17 heavy (non-hydrogen) atoms. The van der Waals surface area contributed by atoms with E-state index in [9.17, 15) is 4.79 Å². The number of aryl methyl sites for hydroxylation is 2. The van der Waals surface area contributed by atoms with E-state index in [1.54, 1.807) is 11.3 Å². The van der Waals surface area contributed by atoms with Crippen LogP contribution in [0.4, 0.5) is 0 Å². The third-order valence-electron chi connectivity index (χ3n) is 3.00. The van der Waals surface area contributed by atoms with E-state index in [1.807, 2.05) is 0 Å². The van der Waals surface area contributed by atoms with Crippen LogP contribution >= 0.6 is 11.3 Å². The summed E-state index contributed by atoms with van der Waals surface area (Å²) in [5, 5.41) is 2.92. The van der Waals surface area contributed by atoms with Gasteiger partial charge in [-0.2, -0.15) is 0 Å². The summed E-state index contributed by atoms with van der Waals surface area (Å²) >= 11 is 1.65. The van der Waals surface area contributed by atoms with Gasteiger partial charge in [-0.3, -0.25) is 4.79 Å². The van der Waals surface area contributed by atoms with Crippen molar-refractivity contribution in [3.63, 3.8) is 0 Å². The minimum atomic E-state index is 0.0569. The van der Waals surface area contributed by atoms with Crippen molar-refractivity contribution in [2.24, 2.45) is 0 Å². The molecule has 2 rings (SSSR count). The van der Waals surface area contributed by atoms with Crippen LogP contribution in [0.5, 0.6) is 0 Å². The summed E-state index contributed by atoms with van der Waals surface area (Å²) in [5.74, 6) is 2.63. The number of hydrogen-bond acceptors (Lipinski definition) is 2. The van der Waals surface area contributed by atoms with E-state index >= 15 is 0 Å². The number of terminal acetylenes is 1. The monoisotopic (exact) mass is 247 g/mol. The Morgan fingerprint density at radius 3 is 3.06 bits per heavy atom. The largest absolute Gasteiger partial charge is 0.351 e. The van der Waals surface area contributed by atoms with E-state index in [0.29, 0.717) is 6.54 Å². The minimum Gasteiger partial charge on any atom is -0.351 e. The van der Waals surface area contributed by atoms with Crippen molar-refractivity contribution in [1.82, 2.24) is 5.32 Å². The Bertz CT molecular complexity index is 418. The van der Waals surface area contributed by atoms with E-state index in [2.05, 4.69) is 17.3 Å². The molecule has 0 aliphatic heterocycles. The molecule has 3 heteroatoms. The normalized spacial score (nSPS) is 13.8. The molecule has 1 aromatic heterocycles. The molecule has 1 aliphatic rings. The third-order valence-corrected chi connectivity index (χ3v) is 4.24. The highest BCUT2D eigenvalue weighted by molar-refractivity contribution is 7.14. The van der Waals surface area contributed by atoms with Crippen LogP contribution in [-0.2, 0) is 12.8 Å². The van der Waals surface area contributed by atoms with E-state index in [1.165, 1.54) is 23.3 Å². The first kappa shape index (κ1) is 12.2.